The maximum Gasteiger partial charge on any atom is 0.116 e. The molecule has 160 valence electrons. The summed E-state index contributed by atoms with van der Waals surface area (Å²) < 4.78 is 11.9. The summed E-state index contributed by atoms with van der Waals surface area (Å²) in [4.78, 5) is 0. The SMILES string of the molecule is C=CC1(C)OC(C)C(C)OC1(C)C=C.c1ccc2c(c1)CC2.c1ccc2c(c1)CC2. The van der Waals surface area contributed by atoms with E-state index in [1.165, 1.54) is 25.7 Å². The highest BCUT2D eigenvalue weighted by molar-refractivity contribution is 5.35. The fourth-order valence-electron chi connectivity index (χ4n) is 3.98. The molecule has 2 heteroatoms. The predicted octanol–water partition coefficient (Wildman–Crippen LogP) is 6.27. The fraction of sp³-hybridized carbons (Fsp3) is 0.429. The van der Waals surface area contributed by atoms with Gasteiger partial charge in [-0.05, 0) is 75.6 Å². The second-order valence-corrected chi connectivity index (χ2v) is 8.81. The van der Waals surface area contributed by atoms with E-state index in [0.717, 1.165) is 0 Å². The Bertz CT molecular complexity index is 766. The van der Waals surface area contributed by atoms with Crippen molar-refractivity contribution < 1.29 is 9.47 Å². The summed E-state index contributed by atoms with van der Waals surface area (Å²) in [6.07, 6.45) is 8.93. The van der Waals surface area contributed by atoms with E-state index < -0.39 is 11.2 Å². The van der Waals surface area contributed by atoms with Gasteiger partial charge in [0.2, 0.25) is 0 Å². The molecule has 2 aromatic carbocycles. The molecule has 30 heavy (non-hydrogen) atoms. The molecule has 5 rings (SSSR count). The smallest absolute Gasteiger partial charge is 0.116 e. The molecule has 2 aromatic rings. The van der Waals surface area contributed by atoms with Crippen molar-refractivity contribution in [2.24, 2.45) is 0 Å². The number of fused-ring (bicyclic) bond motifs is 2. The van der Waals surface area contributed by atoms with Gasteiger partial charge in [0, 0.05) is 0 Å². The normalized spacial score (nSPS) is 30.4. The molecule has 3 aliphatic rings. The van der Waals surface area contributed by atoms with Gasteiger partial charge in [-0.25, -0.2) is 0 Å². The standard InChI is InChI=1S/C12H20O2.2C8H8/c1-7-11(5)12(6,8-2)14-10(4)9(3)13-11;2*1-2-4-8-6-5-7(8)3-1/h7-10H,1-2H2,3-6H3;2*1-4H,5-6H2. The van der Waals surface area contributed by atoms with E-state index in [-0.39, 0.29) is 12.2 Å². The van der Waals surface area contributed by atoms with Gasteiger partial charge in [0.05, 0.1) is 12.2 Å². The van der Waals surface area contributed by atoms with Crippen LogP contribution in [0.5, 0.6) is 0 Å². The van der Waals surface area contributed by atoms with Crippen molar-refractivity contribution in [3.8, 4) is 0 Å². The molecule has 1 aliphatic heterocycles. The van der Waals surface area contributed by atoms with Crippen molar-refractivity contribution in [1.29, 1.82) is 0 Å². The monoisotopic (exact) mass is 404 g/mol. The van der Waals surface area contributed by atoms with Gasteiger partial charge in [-0.15, -0.1) is 13.2 Å². The van der Waals surface area contributed by atoms with Crippen molar-refractivity contribution in [1.82, 2.24) is 0 Å². The van der Waals surface area contributed by atoms with Crippen LogP contribution < -0.4 is 0 Å². The molecule has 0 saturated carbocycles. The van der Waals surface area contributed by atoms with Crippen LogP contribution in [0.25, 0.3) is 0 Å². The molecule has 0 radical (unpaired) electrons. The van der Waals surface area contributed by atoms with E-state index >= 15 is 0 Å². The third kappa shape index (κ3) is 4.61. The Morgan fingerprint density at radius 2 is 0.933 bits per heavy atom. The molecular weight excluding hydrogens is 368 g/mol. The van der Waals surface area contributed by atoms with Gasteiger partial charge in [-0.2, -0.15) is 0 Å². The van der Waals surface area contributed by atoms with Crippen LogP contribution in [-0.4, -0.2) is 23.4 Å². The first-order chi connectivity index (χ1) is 14.3. The molecule has 4 unspecified atom stereocenters. The zero-order chi connectivity index (χ0) is 21.8. The van der Waals surface area contributed by atoms with Crippen LogP contribution in [0.15, 0.2) is 73.8 Å². The van der Waals surface area contributed by atoms with Crippen molar-refractivity contribution >= 4 is 0 Å². The van der Waals surface area contributed by atoms with Crippen LogP contribution in [0, 0.1) is 0 Å². The van der Waals surface area contributed by atoms with Gasteiger partial charge in [0.15, 0.2) is 0 Å². The maximum absolute atomic E-state index is 5.93. The number of aryl methyl sites for hydroxylation is 4. The molecule has 0 N–H and O–H groups in total. The van der Waals surface area contributed by atoms with Gasteiger partial charge >= 0.3 is 0 Å². The average molecular weight is 405 g/mol. The van der Waals surface area contributed by atoms with E-state index in [4.69, 9.17) is 9.47 Å². The molecule has 2 nitrogen and oxygen atoms in total. The first-order valence-electron chi connectivity index (χ1n) is 11.1. The summed E-state index contributed by atoms with van der Waals surface area (Å²) in [5, 5.41) is 0. The van der Waals surface area contributed by atoms with E-state index in [2.05, 4.69) is 61.7 Å². The third-order valence-electron chi connectivity index (χ3n) is 6.85. The molecule has 1 saturated heterocycles. The maximum atomic E-state index is 5.93. The summed E-state index contributed by atoms with van der Waals surface area (Å²) >= 11 is 0. The van der Waals surface area contributed by atoms with Gasteiger partial charge in [0.1, 0.15) is 11.2 Å². The lowest BCUT2D eigenvalue weighted by atomic mass is 9.83. The zero-order valence-corrected chi connectivity index (χ0v) is 19.0. The van der Waals surface area contributed by atoms with Gasteiger partial charge in [0.25, 0.3) is 0 Å². The second-order valence-electron chi connectivity index (χ2n) is 8.81. The highest BCUT2D eigenvalue weighted by atomic mass is 16.6. The largest absolute Gasteiger partial charge is 0.362 e. The predicted molar refractivity (Wildman–Crippen MR) is 126 cm³/mol. The number of benzene rings is 2. The highest BCUT2D eigenvalue weighted by Crippen LogP contribution is 2.39. The minimum Gasteiger partial charge on any atom is -0.362 e. The van der Waals surface area contributed by atoms with E-state index in [0.29, 0.717) is 0 Å². The van der Waals surface area contributed by atoms with Crippen molar-refractivity contribution in [3.63, 3.8) is 0 Å². The van der Waals surface area contributed by atoms with Crippen molar-refractivity contribution in [2.75, 3.05) is 0 Å². The van der Waals surface area contributed by atoms with Gasteiger partial charge in [-0.1, -0.05) is 60.7 Å². The Kier molecular flexibility index (Phi) is 7.00. The summed E-state index contributed by atoms with van der Waals surface area (Å²) in [7, 11) is 0. The molecule has 0 bridgehead atoms. The van der Waals surface area contributed by atoms with E-state index in [9.17, 15) is 0 Å². The lowest BCUT2D eigenvalue weighted by Crippen LogP contribution is -2.60. The molecule has 1 fully saturated rings. The highest BCUT2D eigenvalue weighted by Gasteiger charge is 2.49. The van der Waals surface area contributed by atoms with Crippen LogP contribution in [0.4, 0.5) is 0 Å². The molecule has 0 amide bonds. The molecule has 0 aromatic heterocycles. The molecular formula is C28H36O2. The summed E-state index contributed by atoms with van der Waals surface area (Å²) in [5.74, 6) is 0. The zero-order valence-electron chi connectivity index (χ0n) is 19.0. The molecule has 0 spiro atoms. The molecule has 2 aliphatic carbocycles. The summed E-state index contributed by atoms with van der Waals surface area (Å²) in [5.41, 5.74) is 5.20. The lowest BCUT2D eigenvalue weighted by Gasteiger charge is -2.50. The van der Waals surface area contributed by atoms with Crippen molar-refractivity contribution in [3.05, 3.63) is 96.1 Å². The minimum atomic E-state index is -0.499. The quantitative estimate of drug-likeness (QED) is 0.549. The van der Waals surface area contributed by atoms with Crippen LogP contribution in [-0.2, 0) is 35.2 Å². The molecule has 1 heterocycles. The minimum absolute atomic E-state index is 0.0750. The lowest BCUT2D eigenvalue weighted by molar-refractivity contribution is -0.262. The van der Waals surface area contributed by atoms with E-state index in [1.807, 2.05) is 27.7 Å². The Balaban J connectivity index is 0.000000135. The number of hydrogen-bond acceptors (Lipinski definition) is 2. The summed E-state index contributed by atoms with van der Waals surface area (Å²) in [6, 6.07) is 17.3. The van der Waals surface area contributed by atoms with Crippen LogP contribution in [0.1, 0.15) is 49.9 Å². The van der Waals surface area contributed by atoms with Gasteiger partial charge < -0.3 is 9.47 Å². The van der Waals surface area contributed by atoms with Crippen molar-refractivity contribution in [2.45, 2.75) is 76.8 Å². The third-order valence-corrected chi connectivity index (χ3v) is 6.85. The van der Waals surface area contributed by atoms with Gasteiger partial charge in [-0.3, -0.25) is 0 Å². The van der Waals surface area contributed by atoms with Crippen LogP contribution in [0.3, 0.4) is 0 Å². The first-order valence-corrected chi connectivity index (χ1v) is 11.1. The molecule has 4 atom stereocenters. The Hall–Kier alpha value is -2.16. The average Bonchev–Trinajstić information content (AvgIpc) is 2.70. The number of hydrogen-bond donors (Lipinski definition) is 0. The Morgan fingerprint density at radius 3 is 1.10 bits per heavy atom. The topological polar surface area (TPSA) is 18.5 Å². The van der Waals surface area contributed by atoms with Crippen LogP contribution in [0.2, 0.25) is 0 Å². The number of rotatable bonds is 2. The second kappa shape index (κ2) is 9.32. The first kappa shape index (κ1) is 22.5. The fourth-order valence-corrected chi connectivity index (χ4v) is 3.98. The van der Waals surface area contributed by atoms with Crippen LogP contribution >= 0.6 is 0 Å². The van der Waals surface area contributed by atoms with E-state index in [1.54, 1.807) is 34.4 Å². The Morgan fingerprint density at radius 1 is 0.667 bits per heavy atom. The number of ether oxygens (including phenoxy) is 2. The Labute approximate surface area is 182 Å². The summed E-state index contributed by atoms with van der Waals surface area (Å²) in [6.45, 7) is 15.6.